The van der Waals surface area contributed by atoms with Crippen molar-refractivity contribution < 1.29 is 9.53 Å². The van der Waals surface area contributed by atoms with Crippen molar-refractivity contribution in [3.63, 3.8) is 0 Å². The van der Waals surface area contributed by atoms with Crippen LogP contribution in [0, 0.1) is 0 Å². The van der Waals surface area contributed by atoms with Crippen LogP contribution >= 0.6 is 24.0 Å². The van der Waals surface area contributed by atoms with E-state index in [9.17, 15) is 4.79 Å². The van der Waals surface area contributed by atoms with E-state index in [2.05, 4.69) is 17.4 Å². The summed E-state index contributed by atoms with van der Waals surface area (Å²) in [6.45, 7) is 2.96. The Morgan fingerprint density at radius 2 is 2.38 bits per heavy atom. The third-order valence-corrected chi connectivity index (χ3v) is 4.88. The highest BCUT2D eigenvalue weighted by atomic mass is 32.2. The maximum absolute atomic E-state index is 12.0. The predicted octanol–water partition coefficient (Wildman–Crippen LogP) is 2.74. The monoisotopic (exact) mass is 322 g/mol. The van der Waals surface area contributed by atoms with Gasteiger partial charge in [-0.25, -0.2) is 4.79 Å². The molecule has 6 heteroatoms. The van der Waals surface area contributed by atoms with Gasteiger partial charge in [-0.1, -0.05) is 18.3 Å². The Morgan fingerprint density at radius 1 is 1.52 bits per heavy atom. The SMILES string of the molecule is CC(=S)NCC1CN(c2ccc3c(c2)CCSC3)C(=O)O1. The first-order valence-electron chi connectivity index (χ1n) is 7.05. The normalized spacial score (nSPS) is 20.9. The maximum atomic E-state index is 12.0. The van der Waals surface area contributed by atoms with Gasteiger partial charge in [0.25, 0.3) is 0 Å². The molecule has 21 heavy (non-hydrogen) atoms. The average molecular weight is 322 g/mol. The van der Waals surface area contributed by atoms with Gasteiger partial charge in [0.05, 0.1) is 18.1 Å². The summed E-state index contributed by atoms with van der Waals surface area (Å²) < 4.78 is 5.38. The molecular formula is C15H18N2O2S2. The van der Waals surface area contributed by atoms with E-state index >= 15 is 0 Å². The summed E-state index contributed by atoms with van der Waals surface area (Å²) in [5.41, 5.74) is 3.68. The third kappa shape index (κ3) is 3.32. The van der Waals surface area contributed by atoms with E-state index in [0.717, 1.165) is 28.6 Å². The number of thiocarbonyl (C=S) groups is 1. The number of nitrogens with zero attached hydrogens (tertiary/aromatic N) is 1. The third-order valence-electron chi connectivity index (χ3n) is 3.73. The summed E-state index contributed by atoms with van der Waals surface area (Å²) in [6, 6.07) is 6.29. The molecule has 112 valence electrons. The van der Waals surface area contributed by atoms with Crippen LogP contribution in [0.1, 0.15) is 18.1 Å². The largest absolute Gasteiger partial charge is 0.442 e. The Morgan fingerprint density at radius 3 is 3.19 bits per heavy atom. The van der Waals surface area contributed by atoms with Gasteiger partial charge >= 0.3 is 6.09 Å². The minimum Gasteiger partial charge on any atom is -0.442 e. The van der Waals surface area contributed by atoms with E-state index in [1.807, 2.05) is 24.8 Å². The second kappa shape index (κ2) is 6.23. The molecule has 0 bridgehead atoms. The molecule has 0 spiro atoms. The number of ether oxygens (including phenoxy) is 1. The highest BCUT2D eigenvalue weighted by molar-refractivity contribution is 7.98. The second-order valence-electron chi connectivity index (χ2n) is 5.31. The molecule has 0 saturated carbocycles. The molecule has 1 fully saturated rings. The van der Waals surface area contributed by atoms with Crippen molar-refractivity contribution in [1.29, 1.82) is 0 Å². The molecule has 0 radical (unpaired) electrons. The van der Waals surface area contributed by atoms with Gasteiger partial charge in [-0.05, 0) is 42.4 Å². The molecule has 1 aromatic rings. The first-order chi connectivity index (χ1) is 10.1. The van der Waals surface area contributed by atoms with Gasteiger partial charge in [0, 0.05) is 11.4 Å². The molecular weight excluding hydrogens is 304 g/mol. The van der Waals surface area contributed by atoms with E-state index in [1.54, 1.807) is 4.90 Å². The number of hydrogen-bond donors (Lipinski definition) is 1. The Hall–Kier alpha value is -1.27. The molecule has 1 N–H and O–H groups in total. The molecule has 3 rings (SSSR count). The molecule has 0 aliphatic carbocycles. The van der Waals surface area contributed by atoms with Gasteiger partial charge in [-0.3, -0.25) is 4.90 Å². The molecule has 4 nitrogen and oxygen atoms in total. The van der Waals surface area contributed by atoms with E-state index in [-0.39, 0.29) is 12.2 Å². The lowest BCUT2D eigenvalue weighted by Crippen LogP contribution is -2.32. The number of benzene rings is 1. The standard InChI is InChI=1S/C15H18N2O2S2/c1-10(20)16-7-14-8-17(15(18)19-14)13-3-2-12-9-21-5-4-11(12)6-13/h2-3,6,14H,4-5,7-9H2,1H3,(H,16,20). The topological polar surface area (TPSA) is 41.6 Å². The molecule has 2 aliphatic heterocycles. The second-order valence-corrected chi connectivity index (χ2v) is 7.03. The first-order valence-corrected chi connectivity index (χ1v) is 8.62. The van der Waals surface area contributed by atoms with Gasteiger partial charge in [0.1, 0.15) is 6.10 Å². The molecule has 1 amide bonds. The van der Waals surface area contributed by atoms with Crippen LogP contribution in [0.4, 0.5) is 10.5 Å². The fraction of sp³-hybridized carbons (Fsp3) is 0.467. The van der Waals surface area contributed by atoms with E-state index in [4.69, 9.17) is 17.0 Å². The van der Waals surface area contributed by atoms with Crippen LogP contribution in [0.3, 0.4) is 0 Å². The van der Waals surface area contributed by atoms with Crippen LogP contribution in [-0.4, -0.2) is 36.0 Å². The Labute approximate surface area is 134 Å². The number of anilines is 1. The summed E-state index contributed by atoms with van der Waals surface area (Å²) >= 11 is 6.94. The number of rotatable bonds is 3. The van der Waals surface area contributed by atoms with Crippen molar-refractivity contribution in [2.45, 2.75) is 25.2 Å². The number of carbonyl (C=O) groups excluding carboxylic acids is 1. The van der Waals surface area contributed by atoms with Crippen molar-refractivity contribution in [1.82, 2.24) is 5.32 Å². The van der Waals surface area contributed by atoms with Gasteiger partial charge in [-0.15, -0.1) is 0 Å². The molecule has 2 heterocycles. The number of fused-ring (bicyclic) bond motifs is 1. The molecule has 1 saturated heterocycles. The van der Waals surface area contributed by atoms with Crippen LogP contribution in [0.15, 0.2) is 18.2 Å². The zero-order valence-electron chi connectivity index (χ0n) is 11.9. The van der Waals surface area contributed by atoms with Crippen molar-refractivity contribution in [3.8, 4) is 0 Å². The number of carbonyl (C=O) groups is 1. The summed E-state index contributed by atoms with van der Waals surface area (Å²) in [4.78, 5) is 14.5. The Balaban J connectivity index is 1.72. The van der Waals surface area contributed by atoms with Crippen molar-refractivity contribution in [3.05, 3.63) is 29.3 Å². The van der Waals surface area contributed by atoms with E-state index in [0.29, 0.717) is 13.1 Å². The van der Waals surface area contributed by atoms with Gasteiger partial charge < -0.3 is 10.1 Å². The smallest absolute Gasteiger partial charge is 0.414 e. The Kier molecular flexibility index (Phi) is 4.35. The summed E-state index contributed by atoms with van der Waals surface area (Å²) in [7, 11) is 0. The van der Waals surface area contributed by atoms with Crippen molar-refractivity contribution in [2.24, 2.45) is 0 Å². The van der Waals surface area contributed by atoms with E-state index < -0.39 is 0 Å². The molecule has 1 unspecified atom stereocenters. The molecule has 0 aromatic heterocycles. The number of thioether (sulfide) groups is 1. The quantitative estimate of drug-likeness (QED) is 0.867. The highest BCUT2D eigenvalue weighted by Gasteiger charge is 2.32. The lowest BCUT2D eigenvalue weighted by atomic mass is 10.0. The zero-order valence-corrected chi connectivity index (χ0v) is 13.6. The number of cyclic esters (lactones) is 1. The summed E-state index contributed by atoms with van der Waals surface area (Å²) in [6.07, 6.45) is 0.655. The molecule has 1 aromatic carbocycles. The van der Waals surface area contributed by atoms with Crippen LogP contribution in [0.2, 0.25) is 0 Å². The van der Waals surface area contributed by atoms with Gasteiger partial charge in [-0.2, -0.15) is 11.8 Å². The Bertz CT molecular complexity index is 577. The number of nitrogens with one attached hydrogen (secondary N) is 1. The van der Waals surface area contributed by atoms with Crippen LogP contribution in [0.5, 0.6) is 0 Å². The lowest BCUT2D eigenvalue weighted by molar-refractivity contribution is 0.143. The minimum atomic E-state index is -0.269. The number of hydrogen-bond acceptors (Lipinski definition) is 4. The summed E-state index contributed by atoms with van der Waals surface area (Å²) in [5.74, 6) is 2.22. The van der Waals surface area contributed by atoms with Crippen LogP contribution < -0.4 is 10.2 Å². The average Bonchev–Trinajstić information content (AvgIpc) is 2.86. The fourth-order valence-electron chi connectivity index (χ4n) is 2.61. The highest BCUT2D eigenvalue weighted by Crippen LogP contribution is 2.30. The molecule has 1 atom stereocenters. The van der Waals surface area contributed by atoms with Crippen LogP contribution in [-0.2, 0) is 16.9 Å². The predicted molar refractivity (Wildman–Crippen MR) is 90.2 cm³/mol. The van der Waals surface area contributed by atoms with Gasteiger partial charge in [0.2, 0.25) is 0 Å². The first kappa shape index (κ1) is 14.7. The number of aryl methyl sites for hydroxylation is 1. The number of amides is 1. The minimum absolute atomic E-state index is 0.151. The van der Waals surface area contributed by atoms with Crippen molar-refractivity contribution in [2.75, 3.05) is 23.7 Å². The fourth-order valence-corrected chi connectivity index (χ4v) is 3.71. The van der Waals surface area contributed by atoms with Crippen molar-refractivity contribution >= 4 is 40.7 Å². The maximum Gasteiger partial charge on any atom is 0.414 e. The van der Waals surface area contributed by atoms with Crippen LogP contribution in [0.25, 0.3) is 0 Å². The molecule has 2 aliphatic rings. The van der Waals surface area contributed by atoms with Gasteiger partial charge in [0.15, 0.2) is 0 Å². The zero-order chi connectivity index (χ0) is 14.8. The van der Waals surface area contributed by atoms with E-state index in [1.165, 1.54) is 11.1 Å². The lowest BCUT2D eigenvalue weighted by Gasteiger charge is -2.19. The summed E-state index contributed by atoms with van der Waals surface area (Å²) in [5, 5.41) is 3.05.